The fourth-order valence-electron chi connectivity index (χ4n) is 3.25. The number of unbranched alkanes of at least 4 members (excludes halogenated alkanes) is 2. The zero-order valence-corrected chi connectivity index (χ0v) is 15.2. The Hall–Kier alpha value is -1.85. The fraction of sp³-hybridized carbons (Fsp3) is 0.550. The summed E-state index contributed by atoms with van der Waals surface area (Å²) in [5.74, 6) is 1.45. The zero-order chi connectivity index (χ0) is 17.6. The van der Waals surface area contributed by atoms with E-state index in [-0.39, 0.29) is 6.79 Å². The molecule has 1 aromatic heterocycles. The van der Waals surface area contributed by atoms with E-state index in [1.807, 2.05) is 18.2 Å². The molecule has 0 spiro atoms. The first kappa shape index (κ1) is 18.0. The van der Waals surface area contributed by atoms with Crippen molar-refractivity contribution in [2.24, 2.45) is 0 Å². The van der Waals surface area contributed by atoms with E-state index in [2.05, 4.69) is 23.7 Å². The van der Waals surface area contributed by atoms with Gasteiger partial charge in [0.25, 0.3) is 0 Å². The molecule has 1 atom stereocenters. The van der Waals surface area contributed by atoms with Gasteiger partial charge < -0.3 is 19.5 Å². The van der Waals surface area contributed by atoms with Crippen LogP contribution in [-0.2, 0) is 0 Å². The van der Waals surface area contributed by atoms with Crippen molar-refractivity contribution >= 4 is 10.9 Å². The number of aliphatic hydroxyl groups is 1. The number of ether oxygens (including phenoxy) is 2. The lowest BCUT2D eigenvalue weighted by atomic mass is 10.0. The molecule has 2 aromatic rings. The highest BCUT2D eigenvalue weighted by atomic mass is 16.7. The van der Waals surface area contributed by atoms with E-state index in [0.717, 1.165) is 53.9 Å². The van der Waals surface area contributed by atoms with Crippen LogP contribution in [0.3, 0.4) is 0 Å². The molecule has 5 nitrogen and oxygen atoms in total. The van der Waals surface area contributed by atoms with Crippen molar-refractivity contribution in [3.05, 3.63) is 30.0 Å². The Labute approximate surface area is 149 Å². The zero-order valence-electron chi connectivity index (χ0n) is 15.2. The van der Waals surface area contributed by atoms with Gasteiger partial charge in [-0.05, 0) is 43.6 Å². The van der Waals surface area contributed by atoms with Crippen LogP contribution >= 0.6 is 0 Å². The summed E-state index contributed by atoms with van der Waals surface area (Å²) in [7, 11) is 0. The summed E-state index contributed by atoms with van der Waals surface area (Å²) >= 11 is 0. The molecule has 0 saturated carbocycles. The maximum absolute atomic E-state index is 10.9. The first-order valence-electron chi connectivity index (χ1n) is 9.31. The first-order valence-corrected chi connectivity index (χ1v) is 9.31. The average Bonchev–Trinajstić information content (AvgIpc) is 3.08. The number of aliphatic hydroxyl groups excluding tert-OH is 1. The van der Waals surface area contributed by atoms with Crippen LogP contribution in [-0.4, -0.2) is 41.4 Å². The molecule has 0 fully saturated rings. The van der Waals surface area contributed by atoms with Gasteiger partial charge in [-0.2, -0.15) is 0 Å². The summed E-state index contributed by atoms with van der Waals surface area (Å²) in [5.41, 5.74) is 1.73. The number of hydrogen-bond donors (Lipinski definition) is 1. The van der Waals surface area contributed by atoms with E-state index in [0.29, 0.717) is 6.54 Å². The Kier molecular flexibility index (Phi) is 6.10. The van der Waals surface area contributed by atoms with Crippen molar-refractivity contribution in [1.29, 1.82) is 0 Å². The predicted molar refractivity (Wildman–Crippen MR) is 99.1 cm³/mol. The molecule has 1 N–H and O–H groups in total. The van der Waals surface area contributed by atoms with Gasteiger partial charge in [0.2, 0.25) is 6.79 Å². The molecule has 0 saturated heterocycles. The molecule has 5 heteroatoms. The van der Waals surface area contributed by atoms with Crippen molar-refractivity contribution in [3.8, 4) is 11.5 Å². The van der Waals surface area contributed by atoms with Gasteiger partial charge in [0.1, 0.15) is 0 Å². The topological polar surface area (TPSA) is 54.8 Å². The number of benzene rings is 1. The van der Waals surface area contributed by atoms with Crippen LogP contribution in [0.4, 0.5) is 0 Å². The third kappa shape index (κ3) is 4.22. The second kappa shape index (κ2) is 8.50. The molecular weight excluding hydrogens is 316 g/mol. The molecule has 1 aliphatic heterocycles. The molecule has 0 radical (unpaired) electrons. The number of rotatable bonds is 9. The van der Waals surface area contributed by atoms with E-state index in [9.17, 15) is 5.11 Å². The van der Waals surface area contributed by atoms with Gasteiger partial charge in [0.05, 0.1) is 11.6 Å². The Morgan fingerprint density at radius 3 is 2.48 bits per heavy atom. The standard InChI is InChI=1S/C20H28N2O3/c1-3-5-9-22(10-6-4-2)13-18(23)15-7-8-21-17-12-20-19(11-16(15)17)24-14-25-20/h7-8,11-12,18,23H,3-6,9-10,13-14H2,1-2H3. The highest BCUT2D eigenvalue weighted by Crippen LogP contribution is 2.37. The van der Waals surface area contributed by atoms with Crippen molar-refractivity contribution in [2.45, 2.75) is 45.6 Å². The minimum absolute atomic E-state index is 0.241. The summed E-state index contributed by atoms with van der Waals surface area (Å²) in [5, 5.41) is 11.8. The quantitative estimate of drug-likeness (QED) is 0.748. The molecule has 1 aromatic carbocycles. The number of pyridine rings is 1. The predicted octanol–water partition coefficient (Wildman–Crippen LogP) is 3.90. The summed E-state index contributed by atoms with van der Waals surface area (Å²) in [6, 6.07) is 5.73. The molecule has 0 amide bonds. The first-order chi connectivity index (χ1) is 12.2. The molecule has 1 aliphatic rings. The highest BCUT2D eigenvalue weighted by molar-refractivity contribution is 5.86. The number of fused-ring (bicyclic) bond motifs is 2. The van der Waals surface area contributed by atoms with E-state index in [1.54, 1.807) is 6.20 Å². The van der Waals surface area contributed by atoms with Crippen LogP contribution in [0.2, 0.25) is 0 Å². The van der Waals surface area contributed by atoms with Crippen LogP contribution < -0.4 is 9.47 Å². The Bertz CT molecular complexity index is 697. The third-order valence-corrected chi connectivity index (χ3v) is 4.72. The van der Waals surface area contributed by atoms with E-state index in [1.165, 1.54) is 12.8 Å². The summed E-state index contributed by atoms with van der Waals surface area (Å²) < 4.78 is 10.9. The maximum atomic E-state index is 10.9. The smallest absolute Gasteiger partial charge is 0.231 e. The van der Waals surface area contributed by atoms with Gasteiger partial charge in [-0.15, -0.1) is 0 Å². The molecule has 0 bridgehead atoms. The van der Waals surface area contributed by atoms with Crippen LogP contribution in [0.15, 0.2) is 24.4 Å². The molecule has 3 rings (SSSR count). The number of nitrogens with zero attached hydrogens (tertiary/aromatic N) is 2. The minimum atomic E-state index is -0.542. The molecular formula is C20H28N2O3. The number of aromatic nitrogens is 1. The summed E-state index contributed by atoms with van der Waals surface area (Å²) in [6.07, 6.45) is 5.87. The van der Waals surface area contributed by atoms with E-state index in [4.69, 9.17) is 9.47 Å². The average molecular weight is 344 g/mol. The Morgan fingerprint density at radius 2 is 1.80 bits per heavy atom. The summed E-state index contributed by atoms with van der Waals surface area (Å²) in [6.45, 7) is 7.35. The lowest BCUT2D eigenvalue weighted by Gasteiger charge is -2.25. The normalized spacial score (nSPS) is 14.4. The number of hydrogen-bond acceptors (Lipinski definition) is 5. The second-order valence-electron chi connectivity index (χ2n) is 6.65. The van der Waals surface area contributed by atoms with Crippen LogP contribution in [0, 0.1) is 0 Å². The molecule has 1 unspecified atom stereocenters. The van der Waals surface area contributed by atoms with Gasteiger partial charge in [-0.1, -0.05) is 26.7 Å². The van der Waals surface area contributed by atoms with Gasteiger partial charge in [-0.25, -0.2) is 0 Å². The molecule has 2 heterocycles. The monoisotopic (exact) mass is 344 g/mol. The van der Waals surface area contributed by atoms with E-state index >= 15 is 0 Å². The highest BCUT2D eigenvalue weighted by Gasteiger charge is 2.20. The SMILES string of the molecule is CCCCN(CCCC)CC(O)c1ccnc2cc3c(cc12)OCO3. The van der Waals surface area contributed by atoms with Crippen molar-refractivity contribution in [1.82, 2.24) is 9.88 Å². The van der Waals surface area contributed by atoms with Crippen molar-refractivity contribution in [3.63, 3.8) is 0 Å². The van der Waals surface area contributed by atoms with Crippen LogP contribution in [0.1, 0.15) is 51.2 Å². The summed E-state index contributed by atoms with van der Waals surface area (Å²) in [4.78, 5) is 6.79. The van der Waals surface area contributed by atoms with Crippen molar-refractivity contribution in [2.75, 3.05) is 26.4 Å². The van der Waals surface area contributed by atoms with Gasteiger partial charge in [-0.3, -0.25) is 4.98 Å². The minimum Gasteiger partial charge on any atom is -0.454 e. The lowest BCUT2D eigenvalue weighted by Crippen LogP contribution is -2.30. The van der Waals surface area contributed by atoms with Gasteiger partial charge in [0.15, 0.2) is 11.5 Å². The second-order valence-corrected chi connectivity index (χ2v) is 6.65. The van der Waals surface area contributed by atoms with Gasteiger partial charge >= 0.3 is 0 Å². The van der Waals surface area contributed by atoms with E-state index < -0.39 is 6.10 Å². The molecule has 25 heavy (non-hydrogen) atoms. The third-order valence-electron chi connectivity index (χ3n) is 4.72. The van der Waals surface area contributed by atoms with Gasteiger partial charge in [0, 0.05) is 24.2 Å². The van der Waals surface area contributed by atoms with Crippen molar-refractivity contribution < 1.29 is 14.6 Å². The largest absolute Gasteiger partial charge is 0.454 e. The van der Waals surface area contributed by atoms with Crippen LogP contribution in [0.5, 0.6) is 11.5 Å². The maximum Gasteiger partial charge on any atom is 0.231 e. The Balaban J connectivity index is 1.81. The fourth-order valence-corrected chi connectivity index (χ4v) is 3.25. The van der Waals surface area contributed by atoms with Crippen LogP contribution in [0.25, 0.3) is 10.9 Å². The molecule has 136 valence electrons. The molecule has 0 aliphatic carbocycles. The Morgan fingerprint density at radius 1 is 1.12 bits per heavy atom. The lowest BCUT2D eigenvalue weighted by molar-refractivity contribution is 0.112.